The molecule has 1 amide bonds. The Kier molecular flexibility index (Phi) is 6.44. The van der Waals surface area contributed by atoms with E-state index in [1.165, 1.54) is 10.5 Å². The van der Waals surface area contributed by atoms with Gasteiger partial charge in [-0.15, -0.1) is 0 Å². The molecular weight excluding hydrogens is 376 g/mol. The van der Waals surface area contributed by atoms with Crippen LogP contribution in [0.25, 0.3) is 5.65 Å². The molecule has 0 aliphatic heterocycles. The number of carbonyl (C=O) groups excluding carboxylic acids is 1. The standard InChI is InChI=1S/C21H23ClN4O2/c1-3-10-25(14-19(27)23-17-8-6-16(22)7-9-17)13-18-12-20(28)26-11-4-5-15(2)21(26)24-18/h4-9,11-12H,3,10,13-14H2,1-2H3,(H,23,27). The smallest absolute Gasteiger partial charge is 0.258 e. The van der Waals surface area contributed by atoms with Crippen molar-refractivity contribution in [3.05, 3.63) is 75.3 Å². The molecule has 3 rings (SSSR count). The number of pyridine rings is 1. The highest BCUT2D eigenvalue weighted by atomic mass is 35.5. The topological polar surface area (TPSA) is 66.7 Å². The van der Waals surface area contributed by atoms with Crippen LogP contribution >= 0.6 is 11.6 Å². The van der Waals surface area contributed by atoms with Gasteiger partial charge in [-0.05, 0) is 55.8 Å². The zero-order chi connectivity index (χ0) is 20.1. The van der Waals surface area contributed by atoms with E-state index in [2.05, 4.69) is 17.2 Å². The van der Waals surface area contributed by atoms with Gasteiger partial charge in [0.1, 0.15) is 5.65 Å². The number of aryl methyl sites for hydroxylation is 1. The molecule has 0 unspecified atom stereocenters. The number of aromatic nitrogens is 2. The first-order chi connectivity index (χ1) is 13.5. The second-order valence-corrected chi connectivity index (χ2v) is 7.17. The molecule has 0 aliphatic rings. The molecule has 0 saturated carbocycles. The maximum Gasteiger partial charge on any atom is 0.258 e. The molecular formula is C21H23ClN4O2. The molecule has 0 saturated heterocycles. The fourth-order valence-corrected chi connectivity index (χ4v) is 3.21. The second kappa shape index (κ2) is 8.99. The van der Waals surface area contributed by atoms with Gasteiger partial charge in [-0.2, -0.15) is 0 Å². The number of benzene rings is 1. The van der Waals surface area contributed by atoms with Crippen molar-refractivity contribution in [2.24, 2.45) is 0 Å². The van der Waals surface area contributed by atoms with E-state index in [0.717, 1.165) is 18.5 Å². The summed E-state index contributed by atoms with van der Waals surface area (Å²) >= 11 is 5.87. The summed E-state index contributed by atoms with van der Waals surface area (Å²) in [5, 5.41) is 3.49. The number of halogens is 1. The molecule has 0 fully saturated rings. The second-order valence-electron chi connectivity index (χ2n) is 6.74. The molecule has 146 valence electrons. The number of amides is 1. The van der Waals surface area contributed by atoms with Crippen LogP contribution in [0.3, 0.4) is 0 Å². The first-order valence-corrected chi connectivity index (χ1v) is 9.59. The third kappa shape index (κ3) is 4.97. The van der Waals surface area contributed by atoms with Gasteiger partial charge in [0.15, 0.2) is 0 Å². The summed E-state index contributed by atoms with van der Waals surface area (Å²) in [4.78, 5) is 31.5. The Labute approximate surface area is 168 Å². The van der Waals surface area contributed by atoms with E-state index in [9.17, 15) is 9.59 Å². The minimum absolute atomic E-state index is 0.120. The summed E-state index contributed by atoms with van der Waals surface area (Å²) in [7, 11) is 0. The molecule has 7 heteroatoms. The lowest BCUT2D eigenvalue weighted by Crippen LogP contribution is -2.34. The summed E-state index contributed by atoms with van der Waals surface area (Å²) in [5.74, 6) is -0.121. The van der Waals surface area contributed by atoms with Crippen molar-refractivity contribution in [1.29, 1.82) is 0 Å². The van der Waals surface area contributed by atoms with E-state index in [0.29, 0.717) is 28.6 Å². The van der Waals surface area contributed by atoms with Crippen molar-refractivity contribution < 1.29 is 4.79 Å². The molecule has 0 radical (unpaired) electrons. The first-order valence-electron chi connectivity index (χ1n) is 9.22. The average Bonchev–Trinajstić information content (AvgIpc) is 2.65. The molecule has 3 aromatic rings. The van der Waals surface area contributed by atoms with Crippen LogP contribution in [-0.2, 0) is 11.3 Å². The Morgan fingerprint density at radius 3 is 2.71 bits per heavy atom. The Hall–Kier alpha value is -2.70. The molecule has 28 heavy (non-hydrogen) atoms. The number of anilines is 1. The van der Waals surface area contributed by atoms with Gasteiger partial charge in [-0.25, -0.2) is 4.98 Å². The molecule has 2 aromatic heterocycles. The van der Waals surface area contributed by atoms with Gasteiger partial charge in [0.25, 0.3) is 5.56 Å². The third-order valence-electron chi connectivity index (χ3n) is 4.36. The van der Waals surface area contributed by atoms with Crippen LogP contribution in [-0.4, -0.2) is 33.3 Å². The Morgan fingerprint density at radius 1 is 1.25 bits per heavy atom. The van der Waals surface area contributed by atoms with Crippen molar-refractivity contribution >= 4 is 28.8 Å². The number of hydrogen-bond acceptors (Lipinski definition) is 4. The average molecular weight is 399 g/mol. The molecule has 2 heterocycles. The normalized spacial score (nSPS) is 11.1. The number of hydrogen-bond donors (Lipinski definition) is 1. The van der Waals surface area contributed by atoms with Crippen molar-refractivity contribution in [2.75, 3.05) is 18.4 Å². The van der Waals surface area contributed by atoms with Crippen molar-refractivity contribution in [3.8, 4) is 0 Å². The Bertz CT molecular complexity index is 1030. The van der Waals surface area contributed by atoms with E-state index < -0.39 is 0 Å². The lowest BCUT2D eigenvalue weighted by molar-refractivity contribution is -0.117. The molecule has 0 spiro atoms. The monoisotopic (exact) mass is 398 g/mol. The number of nitrogens with zero attached hydrogens (tertiary/aromatic N) is 3. The van der Waals surface area contributed by atoms with Gasteiger partial charge in [0, 0.05) is 29.5 Å². The highest BCUT2D eigenvalue weighted by Gasteiger charge is 2.13. The van der Waals surface area contributed by atoms with Crippen LogP contribution in [0.1, 0.15) is 24.6 Å². The SMILES string of the molecule is CCCN(CC(=O)Nc1ccc(Cl)cc1)Cc1cc(=O)n2cccc(C)c2n1. The van der Waals surface area contributed by atoms with Crippen LogP contribution in [0, 0.1) is 6.92 Å². The van der Waals surface area contributed by atoms with Gasteiger partial charge < -0.3 is 5.32 Å². The zero-order valence-corrected chi connectivity index (χ0v) is 16.7. The largest absolute Gasteiger partial charge is 0.325 e. The summed E-state index contributed by atoms with van der Waals surface area (Å²) < 4.78 is 1.54. The molecule has 0 bridgehead atoms. The summed E-state index contributed by atoms with van der Waals surface area (Å²) in [5.41, 5.74) is 2.82. The predicted octanol–water partition coefficient (Wildman–Crippen LogP) is 3.51. The van der Waals surface area contributed by atoms with Gasteiger partial charge in [-0.3, -0.25) is 18.9 Å². The van der Waals surface area contributed by atoms with Crippen LogP contribution < -0.4 is 10.9 Å². The fraction of sp³-hybridized carbons (Fsp3) is 0.286. The highest BCUT2D eigenvalue weighted by molar-refractivity contribution is 6.30. The van der Waals surface area contributed by atoms with Crippen LogP contribution in [0.2, 0.25) is 5.02 Å². The fourth-order valence-electron chi connectivity index (χ4n) is 3.09. The first kappa shape index (κ1) is 20.0. The highest BCUT2D eigenvalue weighted by Crippen LogP contribution is 2.13. The molecule has 0 aliphatic carbocycles. The van der Waals surface area contributed by atoms with Gasteiger partial charge >= 0.3 is 0 Å². The maximum absolute atomic E-state index is 12.4. The van der Waals surface area contributed by atoms with E-state index >= 15 is 0 Å². The van der Waals surface area contributed by atoms with E-state index in [4.69, 9.17) is 11.6 Å². The lowest BCUT2D eigenvalue weighted by Gasteiger charge is -2.21. The van der Waals surface area contributed by atoms with Crippen molar-refractivity contribution in [1.82, 2.24) is 14.3 Å². The predicted molar refractivity (Wildman–Crippen MR) is 112 cm³/mol. The number of nitrogens with one attached hydrogen (secondary N) is 1. The van der Waals surface area contributed by atoms with E-state index in [-0.39, 0.29) is 18.0 Å². The van der Waals surface area contributed by atoms with Gasteiger partial charge in [0.05, 0.1) is 12.2 Å². The number of rotatable bonds is 7. The zero-order valence-electron chi connectivity index (χ0n) is 16.0. The van der Waals surface area contributed by atoms with E-state index in [1.54, 1.807) is 30.5 Å². The number of fused-ring (bicyclic) bond motifs is 1. The van der Waals surface area contributed by atoms with Crippen LogP contribution in [0.5, 0.6) is 0 Å². The Balaban J connectivity index is 1.74. The quantitative estimate of drug-likeness (QED) is 0.661. The summed E-state index contributed by atoms with van der Waals surface area (Å²) in [6, 6.07) is 12.3. The third-order valence-corrected chi connectivity index (χ3v) is 4.61. The Morgan fingerprint density at radius 2 is 2.00 bits per heavy atom. The van der Waals surface area contributed by atoms with Crippen LogP contribution in [0.15, 0.2) is 53.5 Å². The van der Waals surface area contributed by atoms with Crippen LogP contribution in [0.4, 0.5) is 5.69 Å². The summed E-state index contributed by atoms with van der Waals surface area (Å²) in [6.45, 7) is 5.35. The molecule has 0 atom stereocenters. The summed E-state index contributed by atoms with van der Waals surface area (Å²) in [6.07, 6.45) is 2.60. The van der Waals surface area contributed by atoms with Crippen molar-refractivity contribution in [3.63, 3.8) is 0 Å². The van der Waals surface area contributed by atoms with Gasteiger partial charge in [0.2, 0.25) is 5.91 Å². The van der Waals surface area contributed by atoms with Gasteiger partial charge in [-0.1, -0.05) is 24.6 Å². The van der Waals surface area contributed by atoms with E-state index in [1.807, 2.05) is 24.0 Å². The molecule has 6 nitrogen and oxygen atoms in total. The molecule has 1 aromatic carbocycles. The number of carbonyl (C=O) groups is 1. The van der Waals surface area contributed by atoms with Crippen molar-refractivity contribution in [2.45, 2.75) is 26.8 Å². The lowest BCUT2D eigenvalue weighted by atomic mass is 10.2. The molecule has 1 N–H and O–H groups in total. The maximum atomic E-state index is 12.4. The minimum Gasteiger partial charge on any atom is -0.325 e. The minimum atomic E-state index is -0.121.